The fourth-order valence-corrected chi connectivity index (χ4v) is 1.82. The maximum absolute atomic E-state index is 11.4. The van der Waals surface area contributed by atoms with E-state index in [0.717, 1.165) is 11.1 Å². The minimum atomic E-state index is -0.586. The van der Waals surface area contributed by atoms with E-state index in [1.54, 1.807) is 19.2 Å². The van der Waals surface area contributed by atoms with Crippen molar-refractivity contribution in [2.24, 2.45) is 12.5 Å². The maximum Gasteiger partial charge on any atom is 0.419 e. The summed E-state index contributed by atoms with van der Waals surface area (Å²) in [4.78, 5) is 11.4. The highest BCUT2D eigenvalue weighted by Gasteiger charge is 2.24. The Hall–Kier alpha value is -1.55. The second kappa shape index (κ2) is 3.74. The van der Waals surface area contributed by atoms with Crippen molar-refractivity contribution in [1.82, 2.24) is 4.57 Å². The summed E-state index contributed by atoms with van der Waals surface area (Å²) in [7, 11) is 1.66. The Kier molecular flexibility index (Phi) is 2.62. The maximum atomic E-state index is 11.4. The number of fused-ring (bicyclic) bond motifs is 1. The molecular weight excluding hydrogens is 218 g/mol. The lowest BCUT2D eigenvalue weighted by molar-refractivity contribution is 0.0627. The van der Waals surface area contributed by atoms with E-state index in [1.807, 2.05) is 26.8 Å². The number of aliphatic hydroxyl groups excluding tert-OH is 1. The van der Waals surface area contributed by atoms with Crippen molar-refractivity contribution in [1.29, 1.82) is 0 Å². The molecule has 0 aliphatic carbocycles. The third-order valence-electron chi connectivity index (χ3n) is 2.95. The van der Waals surface area contributed by atoms with E-state index in [9.17, 15) is 9.90 Å². The van der Waals surface area contributed by atoms with Gasteiger partial charge in [-0.15, -0.1) is 0 Å². The van der Waals surface area contributed by atoms with Crippen LogP contribution in [-0.2, 0) is 7.05 Å². The predicted octanol–water partition coefficient (Wildman–Crippen LogP) is 2.21. The quantitative estimate of drug-likeness (QED) is 0.824. The molecule has 0 spiro atoms. The first-order valence-electron chi connectivity index (χ1n) is 5.58. The fraction of sp³-hybridized carbons (Fsp3) is 0.462. The lowest BCUT2D eigenvalue weighted by atomic mass is 9.85. The van der Waals surface area contributed by atoms with Gasteiger partial charge >= 0.3 is 5.76 Å². The van der Waals surface area contributed by atoms with Crippen molar-refractivity contribution in [3.63, 3.8) is 0 Å². The third-order valence-corrected chi connectivity index (χ3v) is 2.95. The predicted molar refractivity (Wildman–Crippen MR) is 65.9 cm³/mol. The summed E-state index contributed by atoms with van der Waals surface area (Å²) >= 11 is 0. The van der Waals surface area contributed by atoms with Gasteiger partial charge in [0, 0.05) is 7.05 Å². The number of nitrogens with zero attached hydrogens (tertiary/aromatic N) is 1. The molecule has 1 unspecified atom stereocenters. The smallest absolute Gasteiger partial charge is 0.408 e. The lowest BCUT2D eigenvalue weighted by Crippen LogP contribution is -2.17. The molecule has 2 aromatic rings. The number of aliphatic hydroxyl groups is 1. The molecule has 1 atom stereocenters. The van der Waals surface area contributed by atoms with E-state index in [4.69, 9.17) is 4.42 Å². The normalized spacial score (nSPS) is 14.2. The zero-order chi connectivity index (χ0) is 12.8. The second-order valence-electron chi connectivity index (χ2n) is 5.42. The number of aryl methyl sites for hydroxylation is 1. The molecule has 2 rings (SSSR count). The summed E-state index contributed by atoms with van der Waals surface area (Å²) in [6.07, 6.45) is -0.586. The highest BCUT2D eigenvalue weighted by atomic mass is 16.4. The highest BCUT2D eigenvalue weighted by Crippen LogP contribution is 2.33. The molecule has 1 heterocycles. The zero-order valence-corrected chi connectivity index (χ0v) is 10.5. The van der Waals surface area contributed by atoms with Gasteiger partial charge in [-0.3, -0.25) is 4.57 Å². The molecule has 1 aromatic heterocycles. The van der Waals surface area contributed by atoms with Crippen molar-refractivity contribution in [3.05, 3.63) is 34.3 Å². The second-order valence-corrected chi connectivity index (χ2v) is 5.42. The van der Waals surface area contributed by atoms with Crippen LogP contribution < -0.4 is 5.76 Å². The molecular formula is C13H17NO3. The first-order chi connectivity index (χ1) is 7.80. The summed E-state index contributed by atoms with van der Waals surface area (Å²) in [5.74, 6) is -0.387. The van der Waals surface area contributed by atoms with E-state index in [0.29, 0.717) is 5.58 Å². The zero-order valence-electron chi connectivity index (χ0n) is 10.5. The minimum absolute atomic E-state index is 0.247. The Labute approximate surface area is 99.5 Å². The van der Waals surface area contributed by atoms with Gasteiger partial charge in [-0.1, -0.05) is 26.8 Å². The SMILES string of the molecule is Cn1c(=O)oc2cc(C(O)C(C)(C)C)ccc21. The van der Waals surface area contributed by atoms with Crippen LogP contribution in [0, 0.1) is 5.41 Å². The largest absolute Gasteiger partial charge is 0.419 e. The van der Waals surface area contributed by atoms with Crippen LogP contribution in [0.2, 0.25) is 0 Å². The van der Waals surface area contributed by atoms with E-state index < -0.39 is 6.10 Å². The number of hydrogen-bond acceptors (Lipinski definition) is 3. The lowest BCUT2D eigenvalue weighted by Gasteiger charge is -2.25. The number of hydrogen-bond donors (Lipinski definition) is 1. The summed E-state index contributed by atoms with van der Waals surface area (Å²) in [6, 6.07) is 5.35. The van der Waals surface area contributed by atoms with E-state index in [-0.39, 0.29) is 11.2 Å². The van der Waals surface area contributed by atoms with Crippen LogP contribution >= 0.6 is 0 Å². The van der Waals surface area contributed by atoms with Crippen LogP contribution in [0.1, 0.15) is 32.4 Å². The molecule has 0 aliphatic heterocycles. The van der Waals surface area contributed by atoms with Crippen molar-refractivity contribution < 1.29 is 9.52 Å². The molecule has 0 radical (unpaired) electrons. The van der Waals surface area contributed by atoms with Gasteiger partial charge in [0.15, 0.2) is 5.58 Å². The van der Waals surface area contributed by atoms with E-state index >= 15 is 0 Å². The van der Waals surface area contributed by atoms with Gasteiger partial charge < -0.3 is 9.52 Å². The van der Waals surface area contributed by atoms with Crippen LogP contribution in [0.3, 0.4) is 0 Å². The van der Waals surface area contributed by atoms with Crippen LogP contribution in [0.5, 0.6) is 0 Å². The molecule has 1 aromatic carbocycles. The van der Waals surface area contributed by atoms with Crippen LogP contribution in [0.15, 0.2) is 27.4 Å². The molecule has 0 bridgehead atoms. The number of aromatic nitrogens is 1. The summed E-state index contributed by atoms with van der Waals surface area (Å²) in [5.41, 5.74) is 1.76. The van der Waals surface area contributed by atoms with Gasteiger partial charge in [0.2, 0.25) is 0 Å². The average Bonchev–Trinajstić information content (AvgIpc) is 2.52. The Balaban J connectivity index is 2.56. The number of benzene rings is 1. The van der Waals surface area contributed by atoms with Crippen LogP contribution in [0.4, 0.5) is 0 Å². The van der Waals surface area contributed by atoms with Crippen molar-refractivity contribution in [2.45, 2.75) is 26.9 Å². The van der Waals surface area contributed by atoms with Gasteiger partial charge in [0.05, 0.1) is 11.6 Å². The number of rotatable bonds is 1. The molecule has 4 heteroatoms. The first-order valence-corrected chi connectivity index (χ1v) is 5.58. The standard InChI is InChI=1S/C13H17NO3/c1-13(2,3)11(15)8-5-6-9-10(7-8)17-12(16)14(9)4/h5-7,11,15H,1-4H3. The monoisotopic (exact) mass is 235 g/mol. The van der Waals surface area contributed by atoms with Gasteiger partial charge in [0.25, 0.3) is 0 Å². The Bertz CT molecular complexity index is 601. The minimum Gasteiger partial charge on any atom is -0.408 e. The van der Waals surface area contributed by atoms with Crippen LogP contribution in [0.25, 0.3) is 11.1 Å². The fourth-order valence-electron chi connectivity index (χ4n) is 1.82. The Morgan fingerprint density at radius 2 is 2.00 bits per heavy atom. The molecule has 4 nitrogen and oxygen atoms in total. The van der Waals surface area contributed by atoms with Crippen molar-refractivity contribution in [3.8, 4) is 0 Å². The first kappa shape index (κ1) is 11.9. The molecule has 0 saturated heterocycles. The van der Waals surface area contributed by atoms with Gasteiger partial charge in [0.1, 0.15) is 0 Å². The molecule has 0 fully saturated rings. The Morgan fingerprint density at radius 3 is 2.59 bits per heavy atom. The van der Waals surface area contributed by atoms with Crippen molar-refractivity contribution >= 4 is 11.1 Å². The molecule has 0 amide bonds. The summed E-state index contributed by atoms with van der Waals surface area (Å²) in [5, 5.41) is 10.2. The van der Waals surface area contributed by atoms with Crippen LogP contribution in [-0.4, -0.2) is 9.67 Å². The van der Waals surface area contributed by atoms with Gasteiger partial charge in [-0.2, -0.15) is 0 Å². The molecule has 92 valence electrons. The van der Waals surface area contributed by atoms with E-state index in [1.165, 1.54) is 4.57 Å². The summed E-state index contributed by atoms with van der Waals surface area (Å²) < 4.78 is 6.55. The molecule has 0 aliphatic rings. The third kappa shape index (κ3) is 2.00. The molecule has 17 heavy (non-hydrogen) atoms. The van der Waals surface area contributed by atoms with Gasteiger partial charge in [-0.05, 0) is 23.1 Å². The van der Waals surface area contributed by atoms with Gasteiger partial charge in [-0.25, -0.2) is 4.79 Å². The van der Waals surface area contributed by atoms with Crippen molar-refractivity contribution in [2.75, 3.05) is 0 Å². The highest BCUT2D eigenvalue weighted by molar-refractivity contribution is 5.73. The molecule has 0 saturated carbocycles. The molecule has 1 N–H and O–H groups in total. The number of oxazole rings is 1. The average molecular weight is 235 g/mol. The Morgan fingerprint density at radius 1 is 1.35 bits per heavy atom. The topological polar surface area (TPSA) is 55.4 Å². The summed E-state index contributed by atoms with van der Waals surface area (Å²) in [6.45, 7) is 5.88. The van der Waals surface area contributed by atoms with E-state index in [2.05, 4.69) is 0 Å².